The molecule has 0 unspecified atom stereocenters. The zero-order valence-corrected chi connectivity index (χ0v) is 13.7. The monoisotopic (exact) mass is 326 g/mol. The lowest BCUT2D eigenvalue weighted by atomic mass is 9.79. The Balaban J connectivity index is 1.82. The van der Waals surface area contributed by atoms with E-state index in [0.29, 0.717) is 5.92 Å². The summed E-state index contributed by atoms with van der Waals surface area (Å²) in [5.41, 5.74) is 1.29. The normalized spacial score (nSPS) is 21.4. The lowest BCUT2D eigenvalue weighted by molar-refractivity contribution is -0.138. The molecule has 1 aromatic rings. The molecule has 0 bridgehead atoms. The molecule has 0 N–H and O–H groups in total. The van der Waals surface area contributed by atoms with E-state index in [4.69, 9.17) is 4.74 Å². The van der Waals surface area contributed by atoms with Crippen molar-refractivity contribution >= 4 is 18.4 Å². The molecular weight excluding hydrogens is 303 g/mol. The first kappa shape index (κ1) is 17.1. The largest absolute Gasteiger partial charge is 0.494 e. The summed E-state index contributed by atoms with van der Waals surface area (Å²) in [6.07, 6.45) is 5.60. The number of carbonyl (C=O) groups excluding carboxylic acids is 1. The molecule has 0 spiro atoms. The number of halogens is 1. The Bertz CT molecular complexity index is 455. The van der Waals surface area contributed by atoms with Crippen molar-refractivity contribution < 1.29 is 17.6 Å². The fraction of sp³-hybridized carbons (Fsp3) is 0.588. The van der Waals surface area contributed by atoms with Crippen molar-refractivity contribution in [3.63, 3.8) is 0 Å². The summed E-state index contributed by atoms with van der Waals surface area (Å²) in [6.45, 7) is 2.90. The second kappa shape index (κ2) is 9.03. The second-order valence-electron chi connectivity index (χ2n) is 5.78. The topological polar surface area (TPSA) is 35.5 Å². The summed E-state index contributed by atoms with van der Waals surface area (Å²) < 4.78 is 22.0. The van der Waals surface area contributed by atoms with Crippen LogP contribution in [0, 0.1) is 5.92 Å². The Hall–Kier alpha value is -1.23. The van der Waals surface area contributed by atoms with Crippen LogP contribution in [0.2, 0.25) is 0 Å². The summed E-state index contributed by atoms with van der Waals surface area (Å²) in [4.78, 5) is 11.5. The predicted octanol–water partition coefficient (Wildman–Crippen LogP) is 5.22. The van der Waals surface area contributed by atoms with Gasteiger partial charge in [0.25, 0.3) is 12.4 Å². The highest BCUT2D eigenvalue weighted by molar-refractivity contribution is 7.89. The smallest absolute Gasteiger partial charge is 0.323 e. The molecule has 1 saturated carbocycles. The summed E-state index contributed by atoms with van der Waals surface area (Å²) in [6, 6.07) is 8.26. The Morgan fingerprint density at radius 1 is 1.23 bits per heavy atom. The molecule has 1 aliphatic rings. The molecule has 0 atom stereocenters. The summed E-state index contributed by atoms with van der Waals surface area (Å²) in [5, 5.41) is 0. The van der Waals surface area contributed by atoms with E-state index in [1.54, 1.807) is 0 Å². The van der Waals surface area contributed by atoms with E-state index < -0.39 is 5.97 Å². The zero-order valence-electron chi connectivity index (χ0n) is 12.9. The Morgan fingerprint density at radius 2 is 1.91 bits per heavy atom. The first-order valence-corrected chi connectivity index (χ1v) is 8.60. The quantitative estimate of drug-likeness (QED) is 0.508. The van der Waals surface area contributed by atoms with Crippen molar-refractivity contribution in [2.75, 3.05) is 6.61 Å². The molecule has 0 aromatic heterocycles. The summed E-state index contributed by atoms with van der Waals surface area (Å²) in [7, 11) is 0. The van der Waals surface area contributed by atoms with E-state index >= 15 is 0 Å². The lowest BCUT2D eigenvalue weighted by Gasteiger charge is -2.27. The first-order chi connectivity index (χ1) is 10.7. The molecule has 0 radical (unpaired) electrons. The average molecular weight is 326 g/mol. The van der Waals surface area contributed by atoms with Gasteiger partial charge in [0.15, 0.2) is 0 Å². The molecule has 1 fully saturated rings. The first-order valence-electron chi connectivity index (χ1n) is 7.96. The van der Waals surface area contributed by atoms with Crippen LogP contribution in [0.5, 0.6) is 5.75 Å². The second-order valence-corrected chi connectivity index (χ2v) is 6.08. The summed E-state index contributed by atoms with van der Waals surface area (Å²) >= 11 is -0.353. The maximum Gasteiger partial charge on any atom is 0.323 e. The van der Waals surface area contributed by atoms with Gasteiger partial charge in [-0.25, -0.2) is 0 Å². The third kappa shape index (κ3) is 4.90. The molecule has 0 saturated heterocycles. The third-order valence-electron chi connectivity index (χ3n) is 4.29. The van der Waals surface area contributed by atoms with E-state index in [9.17, 15) is 8.68 Å². The standard InChI is InChI=1S/C17H23FO3S/c1-2-3-12-20-16-10-8-14(9-11-16)13-4-6-15(7-5-13)17(19)21-22-18/h8-11,13,15H,2-7,12H2,1H3. The van der Waals surface area contributed by atoms with Gasteiger partial charge < -0.3 is 8.92 Å². The van der Waals surface area contributed by atoms with Crippen LogP contribution in [0.3, 0.4) is 0 Å². The highest BCUT2D eigenvalue weighted by Crippen LogP contribution is 2.37. The van der Waals surface area contributed by atoms with Crippen LogP contribution in [0.25, 0.3) is 0 Å². The number of benzene rings is 1. The molecular formula is C17H23FO3S. The Labute approximate surface area is 136 Å². The number of hydrogen-bond donors (Lipinski definition) is 0. The van der Waals surface area contributed by atoms with E-state index in [2.05, 4.69) is 23.2 Å². The molecule has 1 aliphatic carbocycles. The van der Waals surface area contributed by atoms with Crippen LogP contribution in [-0.2, 0) is 8.98 Å². The van der Waals surface area contributed by atoms with Crippen LogP contribution in [0.4, 0.5) is 3.89 Å². The fourth-order valence-electron chi connectivity index (χ4n) is 2.93. The molecule has 122 valence electrons. The lowest BCUT2D eigenvalue weighted by Crippen LogP contribution is -2.21. The van der Waals surface area contributed by atoms with E-state index in [1.165, 1.54) is 5.56 Å². The highest BCUT2D eigenvalue weighted by atomic mass is 32.2. The summed E-state index contributed by atoms with van der Waals surface area (Å²) in [5.74, 6) is 0.794. The van der Waals surface area contributed by atoms with Crippen molar-refractivity contribution in [1.29, 1.82) is 0 Å². The third-order valence-corrected chi connectivity index (χ3v) is 4.52. The van der Waals surface area contributed by atoms with Gasteiger partial charge in [0.05, 0.1) is 12.5 Å². The van der Waals surface area contributed by atoms with Crippen LogP contribution >= 0.6 is 12.4 Å². The average Bonchev–Trinajstić information content (AvgIpc) is 2.56. The molecule has 0 aliphatic heterocycles. The fourth-order valence-corrected chi connectivity index (χ4v) is 3.13. The number of carbonyl (C=O) groups is 1. The SMILES string of the molecule is CCCCOc1ccc(C2CCC(C(=O)OSF)CC2)cc1. The molecule has 0 heterocycles. The number of ether oxygens (including phenoxy) is 1. The van der Waals surface area contributed by atoms with Crippen molar-refractivity contribution in [2.24, 2.45) is 5.92 Å². The molecule has 22 heavy (non-hydrogen) atoms. The molecule has 0 amide bonds. The van der Waals surface area contributed by atoms with Crippen molar-refractivity contribution in [3.05, 3.63) is 29.8 Å². The van der Waals surface area contributed by atoms with Gasteiger partial charge in [0, 0.05) is 0 Å². The van der Waals surface area contributed by atoms with Gasteiger partial charge in [-0.1, -0.05) is 25.5 Å². The van der Waals surface area contributed by atoms with Crippen molar-refractivity contribution in [2.45, 2.75) is 51.4 Å². The molecule has 2 rings (SSSR count). The van der Waals surface area contributed by atoms with Gasteiger partial charge in [-0.3, -0.25) is 4.79 Å². The Kier molecular flexibility index (Phi) is 7.03. The van der Waals surface area contributed by atoms with E-state index in [-0.39, 0.29) is 18.3 Å². The van der Waals surface area contributed by atoms with Crippen molar-refractivity contribution in [1.82, 2.24) is 0 Å². The van der Waals surface area contributed by atoms with Gasteiger partial charge in [0.2, 0.25) is 0 Å². The minimum absolute atomic E-state index is 0.156. The number of hydrogen-bond acceptors (Lipinski definition) is 4. The van der Waals surface area contributed by atoms with Crippen molar-refractivity contribution in [3.8, 4) is 5.75 Å². The molecule has 5 heteroatoms. The van der Waals surface area contributed by atoms with Crippen LogP contribution in [0.1, 0.15) is 56.9 Å². The number of rotatable bonds is 7. The van der Waals surface area contributed by atoms with Gasteiger partial charge in [0.1, 0.15) is 5.75 Å². The maximum absolute atomic E-state index is 12.0. The molecule has 1 aromatic carbocycles. The maximum atomic E-state index is 12.0. The van der Waals surface area contributed by atoms with Crippen LogP contribution < -0.4 is 4.74 Å². The van der Waals surface area contributed by atoms with Gasteiger partial charge in [-0.05, 0) is 55.7 Å². The number of unbranched alkanes of at least 4 members (excludes halogenated alkanes) is 1. The van der Waals surface area contributed by atoms with Gasteiger partial charge in [-0.2, -0.15) is 0 Å². The molecule has 3 nitrogen and oxygen atoms in total. The van der Waals surface area contributed by atoms with E-state index in [1.807, 2.05) is 12.1 Å². The predicted molar refractivity (Wildman–Crippen MR) is 86.3 cm³/mol. The van der Waals surface area contributed by atoms with Gasteiger partial charge >= 0.3 is 5.97 Å². The highest BCUT2D eigenvalue weighted by Gasteiger charge is 2.28. The van der Waals surface area contributed by atoms with Crippen LogP contribution in [-0.4, -0.2) is 12.6 Å². The zero-order chi connectivity index (χ0) is 15.8. The van der Waals surface area contributed by atoms with Gasteiger partial charge in [-0.15, -0.1) is 3.89 Å². The minimum Gasteiger partial charge on any atom is -0.494 e. The Morgan fingerprint density at radius 3 is 2.50 bits per heavy atom. The van der Waals surface area contributed by atoms with E-state index in [0.717, 1.165) is 50.9 Å². The van der Waals surface area contributed by atoms with Crippen LogP contribution in [0.15, 0.2) is 24.3 Å². The minimum atomic E-state index is -0.425.